The van der Waals surface area contributed by atoms with E-state index in [4.69, 9.17) is 5.73 Å². The van der Waals surface area contributed by atoms with Gasteiger partial charge in [-0.3, -0.25) is 9.59 Å². The Balaban J connectivity index is 2.35. The van der Waals surface area contributed by atoms with Gasteiger partial charge in [0.2, 0.25) is 11.8 Å². The van der Waals surface area contributed by atoms with Crippen molar-refractivity contribution < 1.29 is 14.0 Å². The van der Waals surface area contributed by atoms with Crippen LogP contribution >= 0.6 is 15.9 Å². The number of carbonyl (C=O) groups excluding carboxylic acids is 2. The molecule has 2 rings (SSSR count). The summed E-state index contributed by atoms with van der Waals surface area (Å²) in [5.41, 5.74) is 5.32. The fourth-order valence-corrected chi connectivity index (χ4v) is 2.42. The molecule has 0 bridgehead atoms. The Morgan fingerprint density at radius 3 is 2.76 bits per heavy atom. The Bertz CT molecular complexity index is 472. The molecule has 90 valence electrons. The van der Waals surface area contributed by atoms with E-state index in [-0.39, 0.29) is 24.6 Å². The van der Waals surface area contributed by atoms with Crippen molar-refractivity contribution in [1.29, 1.82) is 0 Å². The van der Waals surface area contributed by atoms with Gasteiger partial charge in [-0.25, -0.2) is 4.39 Å². The Labute approximate surface area is 106 Å². The summed E-state index contributed by atoms with van der Waals surface area (Å²) in [6.45, 7) is 0.133. The lowest BCUT2D eigenvalue weighted by Crippen LogP contribution is -2.29. The summed E-state index contributed by atoms with van der Waals surface area (Å²) in [6, 6.07) is 4.45. The van der Waals surface area contributed by atoms with Crippen molar-refractivity contribution in [2.45, 2.75) is 6.42 Å². The topological polar surface area (TPSA) is 63.4 Å². The van der Waals surface area contributed by atoms with Gasteiger partial charge < -0.3 is 10.6 Å². The number of halogens is 2. The minimum Gasteiger partial charge on any atom is -0.369 e. The summed E-state index contributed by atoms with van der Waals surface area (Å²) in [6.07, 6.45) is 0.0378. The number of rotatable bonds is 2. The van der Waals surface area contributed by atoms with Gasteiger partial charge in [0.1, 0.15) is 5.82 Å². The highest BCUT2D eigenvalue weighted by molar-refractivity contribution is 9.10. The highest BCUT2D eigenvalue weighted by atomic mass is 79.9. The van der Waals surface area contributed by atoms with Crippen LogP contribution in [0.1, 0.15) is 6.42 Å². The van der Waals surface area contributed by atoms with Crippen LogP contribution in [0.5, 0.6) is 0 Å². The second-order valence-electron chi connectivity index (χ2n) is 3.88. The maximum atomic E-state index is 13.7. The molecule has 0 saturated carbocycles. The predicted molar refractivity (Wildman–Crippen MR) is 63.8 cm³/mol. The molecule has 2 N–H and O–H groups in total. The molecule has 0 radical (unpaired) electrons. The zero-order valence-electron chi connectivity index (χ0n) is 8.82. The van der Waals surface area contributed by atoms with Crippen LogP contribution in [-0.4, -0.2) is 18.4 Å². The molecule has 1 aromatic carbocycles. The Morgan fingerprint density at radius 2 is 2.24 bits per heavy atom. The summed E-state index contributed by atoms with van der Waals surface area (Å²) < 4.78 is 14.1. The summed E-state index contributed by atoms with van der Waals surface area (Å²) in [5.74, 6) is -1.88. The standard InChI is InChI=1S/C11H10BrFN2O2/c12-7-2-1-3-8(13)10(7)15-5-6(11(14)17)4-9(15)16/h1-3,6H,4-5H2,(H2,14,17). The van der Waals surface area contributed by atoms with Crippen LogP contribution in [0.25, 0.3) is 0 Å². The van der Waals surface area contributed by atoms with E-state index in [2.05, 4.69) is 15.9 Å². The number of hydrogen-bond donors (Lipinski definition) is 1. The molecule has 6 heteroatoms. The summed E-state index contributed by atoms with van der Waals surface area (Å²) in [5, 5.41) is 0. The molecule has 1 fully saturated rings. The van der Waals surface area contributed by atoms with Crippen molar-refractivity contribution in [3.8, 4) is 0 Å². The van der Waals surface area contributed by atoms with Crippen molar-refractivity contribution in [3.05, 3.63) is 28.5 Å². The van der Waals surface area contributed by atoms with Gasteiger partial charge in [0.05, 0.1) is 11.6 Å². The first-order valence-electron chi connectivity index (χ1n) is 5.04. The van der Waals surface area contributed by atoms with Crippen LogP contribution in [0.3, 0.4) is 0 Å². The first kappa shape index (κ1) is 12.0. The SMILES string of the molecule is NC(=O)C1CC(=O)N(c2c(F)cccc2Br)C1. The summed E-state index contributed by atoms with van der Waals surface area (Å²) >= 11 is 3.19. The van der Waals surface area contributed by atoms with Gasteiger partial charge in [-0.15, -0.1) is 0 Å². The van der Waals surface area contributed by atoms with E-state index in [0.717, 1.165) is 0 Å². The second-order valence-corrected chi connectivity index (χ2v) is 4.73. The van der Waals surface area contributed by atoms with Crippen LogP contribution in [-0.2, 0) is 9.59 Å². The molecule has 1 aromatic rings. The number of carbonyl (C=O) groups is 2. The molecule has 17 heavy (non-hydrogen) atoms. The van der Waals surface area contributed by atoms with E-state index in [1.165, 1.54) is 17.0 Å². The maximum absolute atomic E-state index is 13.7. The smallest absolute Gasteiger partial charge is 0.227 e. The number of hydrogen-bond acceptors (Lipinski definition) is 2. The molecule has 1 atom stereocenters. The summed E-state index contributed by atoms with van der Waals surface area (Å²) in [7, 11) is 0. The highest BCUT2D eigenvalue weighted by Gasteiger charge is 2.35. The number of amides is 2. The highest BCUT2D eigenvalue weighted by Crippen LogP contribution is 2.33. The lowest BCUT2D eigenvalue weighted by Gasteiger charge is -2.18. The second kappa shape index (κ2) is 4.44. The molecule has 4 nitrogen and oxygen atoms in total. The van der Waals surface area contributed by atoms with Gasteiger partial charge in [0.25, 0.3) is 0 Å². The van der Waals surface area contributed by atoms with Crippen LogP contribution < -0.4 is 10.6 Å². The third kappa shape index (κ3) is 2.17. The zero-order valence-corrected chi connectivity index (χ0v) is 10.4. The zero-order chi connectivity index (χ0) is 12.6. The van der Waals surface area contributed by atoms with E-state index < -0.39 is 17.6 Å². The fraction of sp³-hybridized carbons (Fsp3) is 0.273. The molecule has 1 aliphatic rings. The van der Waals surface area contributed by atoms with E-state index in [1.54, 1.807) is 6.07 Å². The largest absolute Gasteiger partial charge is 0.369 e. The quantitative estimate of drug-likeness (QED) is 0.898. The molecule has 2 amide bonds. The molecule has 0 aromatic heterocycles. The molecule has 1 saturated heterocycles. The van der Waals surface area contributed by atoms with E-state index in [1.807, 2.05) is 0 Å². The molecule has 1 aliphatic heterocycles. The van der Waals surface area contributed by atoms with Gasteiger partial charge in [-0.05, 0) is 28.1 Å². The van der Waals surface area contributed by atoms with Crippen LogP contribution in [0.2, 0.25) is 0 Å². The minimum atomic E-state index is -0.547. The summed E-state index contributed by atoms with van der Waals surface area (Å²) in [4.78, 5) is 24.0. The Hall–Kier alpha value is -1.43. The van der Waals surface area contributed by atoms with Crippen molar-refractivity contribution >= 4 is 33.4 Å². The van der Waals surface area contributed by atoms with Crippen molar-refractivity contribution in [2.75, 3.05) is 11.4 Å². The lowest BCUT2D eigenvalue weighted by molar-refractivity contribution is -0.123. The predicted octanol–water partition coefficient (Wildman–Crippen LogP) is 1.43. The molecular weight excluding hydrogens is 291 g/mol. The van der Waals surface area contributed by atoms with Crippen LogP contribution in [0, 0.1) is 11.7 Å². The fourth-order valence-electron chi connectivity index (χ4n) is 1.86. The molecule has 0 spiro atoms. The van der Waals surface area contributed by atoms with Crippen LogP contribution in [0.4, 0.5) is 10.1 Å². The average molecular weight is 301 g/mol. The van der Waals surface area contributed by atoms with Gasteiger partial charge in [0, 0.05) is 17.4 Å². The Kier molecular flexibility index (Phi) is 3.15. The van der Waals surface area contributed by atoms with Crippen molar-refractivity contribution in [3.63, 3.8) is 0 Å². The maximum Gasteiger partial charge on any atom is 0.227 e. The van der Waals surface area contributed by atoms with Gasteiger partial charge >= 0.3 is 0 Å². The number of benzene rings is 1. The minimum absolute atomic E-state index is 0.0378. The molecule has 0 aliphatic carbocycles. The molecule has 1 heterocycles. The van der Waals surface area contributed by atoms with Crippen molar-refractivity contribution in [2.24, 2.45) is 11.7 Å². The first-order valence-corrected chi connectivity index (χ1v) is 5.83. The normalized spacial score (nSPS) is 19.8. The van der Waals surface area contributed by atoms with Gasteiger partial charge in [-0.1, -0.05) is 6.07 Å². The van der Waals surface area contributed by atoms with Gasteiger partial charge in [0.15, 0.2) is 0 Å². The van der Waals surface area contributed by atoms with Crippen molar-refractivity contribution in [1.82, 2.24) is 0 Å². The third-order valence-electron chi connectivity index (χ3n) is 2.73. The lowest BCUT2D eigenvalue weighted by atomic mass is 10.1. The first-order chi connectivity index (χ1) is 8.00. The monoisotopic (exact) mass is 300 g/mol. The Morgan fingerprint density at radius 1 is 1.53 bits per heavy atom. The number of nitrogens with two attached hydrogens (primary N) is 1. The average Bonchev–Trinajstić information content (AvgIpc) is 2.61. The third-order valence-corrected chi connectivity index (χ3v) is 3.37. The van der Waals surface area contributed by atoms with E-state index >= 15 is 0 Å². The number of nitrogens with zero attached hydrogens (tertiary/aromatic N) is 1. The number of para-hydroxylation sites is 1. The number of anilines is 1. The number of primary amides is 1. The van der Waals surface area contributed by atoms with Gasteiger partial charge in [-0.2, -0.15) is 0 Å². The molecule has 1 unspecified atom stereocenters. The van der Waals surface area contributed by atoms with E-state index in [0.29, 0.717) is 4.47 Å². The van der Waals surface area contributed by atoms with E-state index in [9.17, 15) is 14.0 Å². The molecular formula is C11H10BrFN2O2. The van der Waals surface area contributed by atoms with Crippen LogP contribution in [0.15, 0.2) is 22.7 Å².